The fourth-order valence-electron chi connectivity index (χ4n) is 2.64. The SMILES string of the molecule is CCCCOc1ccc(C(=O)NCc2n[nH]c(=S)n2-c2ccc(Cl)c(Cl)c2)cc1. The second kappa shape index (κ2) is 9.91. The molecular weight excluding hydrogens is 431 g/mol. The van der Waals surface area contributed by atoms with Gasteiger partial charge >= 0.3 is 0 Å². The second-order valence-electron chi connectivity index (χ2n) is 6.29. The number of halogens is 2. The van der Waals surface area contributed by atoms with Crippen molar-refractivity contribution in [3.63, 3.8) is 0 Å². The molecule has 3 rings (SSSR count). The van der Waals surface area contributed by atoms with E-state index in [-0.39, 0.29) is 12.5 Å². The van der Waals surface area contributed by atoms with Crippen molar-refractivity contribution in [3.8, 4) is 11.4 Å². The van der Waals surface area contributed by atoms with Crippen LogP contribution in [0, 0.1) is 4.77 Å². The second-order valence-corrected chi connectivity index (χ2v) is 7.49. The number of carbonyl (C=O) groups is 1. The minimum absolute atomic E-state index is 0.182. The maximum atomic E-state index is 12.5. The Morgan fingerprint density at radius 1 is 1.21 bits per heavy atom. The van der Waals surface area contributed by atoms with Crippen molar-refractivity contribution in [2.75, 3.05) is 6.61 Å². The zero-order valence-corrected chi connectivity index (χ0v) is 18.1. The molecule has 0 spiro atoms. The molecule has 1 aromatic heterocycles. The molecule has 0 fully saturated rings. The number of carbonyl (C=O) groups excluding carboxylic acids is 1. The van der Waals surface area contributed by atoms with E-state index in [0.29, 0.717) is 38.5 Å². The first-order valence-corrected chi connectivity index (χ1v) is 10.3. The van der Waals surface area contributed by atoms with Gasteiger partial charge in [-0.3, -0.25) is 14.5 Å². The average Bonchev–Trinajstić information content (AvgIpc) is 3.09. The number of hydrogen-bond donors (Lipinski definition) is 2. The van der Waals surface area contributed by atoms with E-state index in [0.717, 1.165) is 18.6 Å². The molecule has 1 heterocycles. The van der Waals surface area contributed by atoms with E-state index in [2.05, 4.69) is 22.4 Å². The highest BCUT2D eigenvalue weighted by Crippen LogP contribution is 2.25. The van der Waals surface area contributed by atoms with Crippen LogP contribution in [0.15, 0.2) is 42.5 Å². The highest BCUT2D eigenvalue weighted by Gasteiger charge is 2.12. The molecule has 1 amide bonds. The van der Waals surface area contributed by atoms with Crippen molar-refractivity contribution in [1.29, 1.82) is 0 Å². The molecule has 0 radical (unpaired) electrons. The Labute approximate surface area is 183 Å². The lowest BCUT2D eigenvalue weighted by molar-refractivity contribution is 0.0949. The number of aromatic nitrogens is 3. The first-order chi connectivity index (χ1) is 14.0. The van der Waals surface area contributed by atoms with E-state index in [4.69, 9.17) is 40.2 Å². The molecule has 0 saturated heterocycles. The Balaban J connectivity index is 1.68. The van der Waals surface area contributed by atoms with E-state index in [9.17, 15) is 4.79 Å². The topological polar surface area (TPSA) is 71.9 Å². The number of H-pyrrole nitrogens is 1. The van der Waals surface area contributed by atoms with Crippen LogP contribution < -0.4 is 10.1 Å². The molecule has 0 aliphatic carbocycles. The molecule has 29 heavy (non-hydrogen) atoms. The van der Waals surface area contributed by atoms with Gasteiger partial charge in [-0.2, -0.15) is 5.10 Å². The van der Waals surface area contributed by atoms with Gasteiger partial charge in [0.15, 0.2) is 10.6 Å². The molecule has 9 heteroatoms. The number of unbranched alkanes of at least 4 members (excludes halogenated alkanes) is 1. The first kappa shape index (κ1) is 21.4. The minimum atomic E-state index is -0.222. The third-order valence-corrected chi connectivity index (χ3v) is 5.21. The molecule has 0 unspecified atom stereocenters. The van der Waals surface area contributed by atoms with Crippen LogP contribution in [0.2, 0.25) is 10.0 Å². The smallest absolute Gasteiger partial charge is 0.251 e. The number of nitrogens with zero attached hydrogens (tertiary/aromatic N) is 2. The van der Waals surface area contributed by atoms with Crippen molar-refractivity contribution in [1.82, 2.24) is 20.1 Å². The van der Waals surface area contributed by atoms with E-state index in [1.54, 1.807) is 47.0 Å². The average molecular weight is 451 g/mol. The summed E-state index contributed by atoms with van der Waals surface area (Å²) in [6, 6.07) is 12.2. The van der Waals surface area contributed by atoms with Crippen LogP contribution >= 0.6 is 35.4 Å². The summed E-state index contributed by atoms with van der Waals surface area (Å²) in [6.45, 7) is 2.95. The lowest BCUT2D eigenvalue weighted by atomic mass is 10.2. The van der Waals surface area contributed by atoms with E-state index < -0.39 is 0 Å². The number of benzene rings is 2. The van der Waals surface area contributed by atoms with Gasteiger partial charge in [0, 0.05) is 5.56 Å². The van der Waals surface area contributed by atoms with Gasteiger partial charge < -0.3 is 10.1 Å². The zero-order chi connectivity index (χ0) is 20.8. The molecule has 6 nitrogen and oxygen atoms in total. The number of amides is 1. The van der Waals surface area contributed by atoms with E-state index in [1.807, 2.05) is 0 Å². The van der Waals surface area contributed by atoms with Gasteiger partial charge in [-0.15, -0.1) is 0 Å². The molecule has 0 aliphatic rings. The minimum Gasteiger partial charge on any atom is -0.494 e. The van der Waals surface area contributed by atoms with Crippen LogP contribution in [-0.4, -0.2) is 27.3 Å². The van der Waals surface area contributed by atoms with Crippen molar-refractivity contribution in [3.05, 3.63) is 68.7 Å². The molecule has 0 atom stereocenters. The van der Waals surface area contributed by atoms with Crippen molar-refractivity contribution in [2.45, 2.75) is 26.3 Å². The number of aromatic amines is 1. The molecule has 152 valence electrons. The third kappa shape index (κ3) is 5.38. The first-order valence-electron chi connectivity index (χ1n) is 9.12. The largest absolute Gasteiger partial charge is 0.494 e. The van der Waals surface area contributed by atoms with Gasteiger partial charge in [0.05, 0.1) is 28.9 Å². The predicted octanol–water partition coefficient (Wildman–Crippen LogP) is 5.35. The lowest BCUT2D eigenvalue weighted by Crippen LogP contribution is -2.24. The highest BCUT2D eigenvalue weighted by atomic mass is 35.5. The van der Waals surface area contributed by atoms with Crippen LogP contribution in [0.5, 0.6) is 5.75 Å². The van der Waals surface area contributed by atoms with Gasteiger partial charge in [-0.25, -0.2) is 0 Å². The summed E-state index contributed by atoms with van der Waals surface area (Å²) >= 11 is 17.4. The fourth-order valence-corrected chi connectivity index (χ4v) is 3.19. The van der Waals surface area contributed by atoms with Gasteiger partial charge in [-0.05, 0) is 61.1 Å². The van der Waals surface area contributed by atoms with E-state index in [1.165, 1.54) is 0 Å². The fraction of sp³-hybridized carbons (Fsp3) is 0.250. The summed E-state index contributed by atoms with van der Waals surface area (Å²) in [6.07, 6.45) is 2.07. The molecule has 2 aromatic carbocycles. The monoisotopic (exact) mass is 450 g/mol. The Kier molecular flexibility index (Phi) is 7.30. The van der Waals surface area contributed by atoms with Crippen molar-refractivity contribution < 1.29 is 9.53 Å². The maximum Gasteiger partial charge on any atom is 0.251 e. The predicted molar refractivity (Wildman–Crippen MR) is 117 cm³/mol. The zero-order valence-electron chi connectivity index (χ0n) is 15.7. The summed E-state index contributed by atoms with van der Waals surface area (Å²) in [7, 11) is 0. The standard InChI is InChI=1S/C20H20Cl2N4O2S/c1-2-3-10-28-15-7-4-13(5-8-15)19(27)23-12-18-24-25-20(29)26(18)14-6-9-16(21)17(22)11-14/h4-9,11H,2-3,10,12H2,1H3,(H,23,27)(H,25,29). The van der Waals surface area contributed by atoms with Crippen LogP contribution in [0.1, 0.15) is 35.9 Å². The molecular formula is C20H20Cl2N4O2S. The third-order valence-electron chi connectivity index (χ3n) is 4.19. The van der Waals surface area contributed by atoms with Crippen LogP contribution in [0.25, 0.3) is 5.69 Å². The molecule has 0 bridgehead atoms. The van der Waals surface area contributed by atoms with Crippen LogP contribution in [-0.2, 0) is 6.54 Å². The molecule has 2 N–H and O–H groups in total. The molecule has 3 aromatic rings. The van der Waals surface area contributed by atoms with Gasteiger partial charge in [0.25, 0.3) is 5.91 Å². The van der Waals surface area contributed by atoms with Crippen molar-refractivity contribution in [2.24, 2.45) is 0 Å². The Bertz CT molecular complexity index is 1050. The van der Waals surface area contributed by atoms with Gasteiger partial charge in [0.1, 0.15) is 5.75 Å². The van der Waals surface area contributed by atoms with E-state index >= 15 is 0 Å². The maximum absolute atomic E-state index is 12.5. The number of rotatable bonds is 8. The van der Waals surface area contributed by atoms with Gasteiger partial charge in [-0.1, -0.05) is 36.5 Å². The van der Waals surface area contributed by atoms with Gasteiger partial charge in [0.2, 0.25) is 0 Å². The summed E-state index contributed by atoms with van der Waals surface area (Å²) in [5.41, 5.74) is 1.24. The number of ether oxygens (including phenoxy) is 1. The van der Waals surface area contributed by atoms with Crippen LogP contribution in [0.3, 0.4) is 0 Å². The number of hydrogen-bond acceptors (Lipinski definition) is 4. The summed E-state index contributed by atoms with van der Waals surface area (Å²) in [5.74, 6) is 1.07. The molecule has 0 saturated carbocycles. The molecule has 0 aliphatic heterocycles. The van der Waals surface area contributed by atoms with Crippen molar-refractivity contribution >= 4 is 41.3 Å². The Morgan fingerprint density at radius 3 is 2.66 bits per heavy atom. The number of nitrogens with one attached hydrogen (secondary N) is 2. The summed E-state index contributed by atoms with van der Waals surface area (Å²) < 4.78 is 7.70. The lowest BCUT2D eigenvalue weighted by Gasteiger charge is -2.10. The normalized spacial score (nSPS) is 10.7. The summed E-state index contributed by atoms with van der Waals surface area (Å²) in [5, 5.41) is 10.6. The summed E-state index contributed by atoms with van der Waals surface area (Å²) in [4.78, 5) is 12.5. The quantitative estimate of drug-likeness (QED) is 0.358. The Hall–Kier alpha value is -2.35. The Morgan fingerprint density at radius 2 is 1.97 bits per heavy atom. The highest BCUT2D eigenvalue weighted by molar-refractivity contribution is 7.71. The van der Waals surface area contributed by atoms with Crippen LogP contribution in [0.4, 0.5) is 0 Å².